The largest absolute Gasteiger partial charge is 0.411 e. The standard InChI is InChI=1S/C25H39NO6/c1-22-13-18(27)21-16(17(22)6-7-19(22)24(3)29-8-9-30-24)5-4-15-12-25(31-10-11-32-25)14-20(26-28)23(15,21)2/h15-19,21,27-28H,4-14H2,1-3H3/b26-20-/t15-,16+,17+,18+,19+,21-,22+,23-/m1/s1. The highest BCUT2D eigenvalue weighted by Gasteiger charge is 2.68. The molecule has 2 heterocycles. The summed E-state index contributed by atoms with van der Waals surface area (Å²) in [5.74, 6) is 0.441. The molecule has 0 amide bonds. The third kappa shape index (κ3) is 2.75. The van der Waals surface area contributed by atoms with Crippen molar-refractivity contribution in [3.05, 3.63) is 0 Å². The molecule has 180 valence electrons. The Balaban J connectivity index is 1.34. The zero-order valence-electron chi connectivity index (χ0n) is 19.7. The molecule has 7 nitrogen and oxygen atoms in total. The molecule has 2 aliphatic heterocycles. The molecule has 0 bridgehead atoms. The summed E-state index contributed by atoms with van der Waals surface area (Å²) in [7, 11) is 0. The van der Waals surface area contributed by atoms with Crippen LogP contribution in [0.25, 0.3) is 0 Å². The van der Waals surface area contributed by atoms with Crippen LogP contribution in [0.2, 0.25) is 0 Å². The maximum Gasteiger partial charge on any atom is 0.174 e. The van der Waals surface area contributed by atoms with Crippen molar-refractivity contribution in [3.8, 4) is 0 Å². The second-order valence-corrected chi connectivity index (χ2v) is 12.0. The van der Waals surface area contributed by atoms with Gasteiger partial charge in [-0.15, -0.1) is 0 Å². The van der Waals surface area contributed by atoms with Gasteiger partial charge in [0.25, 0.3) is 0 Å². The average molecular weight is 450 g/mol. The van der Waals surface area contributed by atoms with Crippen LogP contribution in [0.5, 0.6) is 0 Å². The first-order valence-electron chi connectivity index (χ1n) is 12.7. The van der Waals surface area contributed by atoms with Gasteiger partial charge in [0.2, 0.25) is 0 Å². The van der Waals surface area contributed by atoms with Crippen LogP contribution >= 0.6 is 0 Å². The summed E-state index contributed by atoms with van der Waals surface area (Å²) in [6.45, 7) is 9.23. The molecular formula is C25H39NO6. The number of oxime groups is 1. The fraction of sp³-hybridized carbons (Fsp3) is 0.960. The number of hydrogen-bond acceptors (Lipinski definition) is 7. The monoisotopic (exact) mass is 449 g/mol. The number of aliphatic hydroxyl groups is 1. The van der Waals surface area contributed by atoms with Crippen molar-refractivity contribution in [2.45, 2.75) is 83.4 Å². The van der Waals surface area contributed by atoms with Crippen LogP contribution in [0.4, 0.5) is 0 Å². The van der Waals surface area contributed by atoms with Gasteiger partial charge in [-0.25, -0.2) is 0 Å². The van der Waals surface area contributed by atoms with Gasteiger partial charge in [0.05, 0.1) is 38.2 Å². The van der Waals surface area contributed by atoms with E-state index in [1.807, 2.05) is 0 Å². The highest BCUT2D eigenvalue weighted by molar-refractivity contribution is 5.92. The van der Waals surface area contributed by atoms with Crippen LogP contribution in [0.1, 0.15) is 65.7 Å². The van der Waals surface area contributed by atoms with Gasteiger partial charge >= 0.3 is 0 Å². The number of ether oxygens (including phenoxy) is 4. The molecule has 8 atom stereocenters. The zero-order chi connectivity index (χ0) is 22.4. The summed E-state index contributed by atoms with van der Waals surface area (Å²) in [6.07, 6.45) is 6.03. The molecule has 0 aromatic heterocycles. The SMILES string of the molecule is CC1([C@H]2CC[C@H]3[C@@H]4CC[C@@H]5CC6(C/C(=N/O)[C@]5(C)[C@H]4[C@@H](O)C[C@]23C)OCCO6)OCCO1. The van der Waals surface area contributed by atoms with Crippen molar-refractivity contribution < 1.29 is 29.3 Å². The Kier molecular flexibility index (Phi) is 4.86. The maximum absolute atomic E-state index is 11.8. The number of hydrogen-bond donors (Lipinski definition) is 2. The van der Waals surface area contributed by atoms with Crippen molar-refractivity contribution >= 4 is 5.71 Å². The van der Waals surface area contributed by atoms with Gasteiger partial charge in [0.15, 0.2) is 11.6 Å². The molecule has 6 aliphatic rings. The molecule has 2 N–H and O–H groups in total. The Hall–Kier alpha value is -0.730. The highest BCUT2D eigenvalue weighted by atomic mass is 16.7. The molecule has 2 saturated heterocycles. The molecule has 0 aromatic carbocycles. The molecule has 32 heavy (non-hydrogen) atoms. The first-order chi connectivity index (χ1) is 15.3. The second kappa shape index (κ2) is 7.14. The first-order valence-corrected chi connectivity index (χ1v) is 12.7. The van der Waals surface area contributed by atoms with Gasteiger partial charge in [-0.2, -0.15) is 0 Å². The third-order valence-corrected chi connectivity index (χ3v) is 10.9. The Labute approximate surface area is 190 Å². The number of fused-ring (bicyclic) bond motifs is 5. The molecule has 6 fully saturated rings. The molecule has 0 unspecified atom stereocenters. The van der Waals surface area contributed by atoms with Crippen LogP contribution < -0.4 is 0 Å². The maximum atomic E-state index is 11.8. The quantitative estimate of drug-likeness (QED) is 0.470. The molecule has 0 aromatic rings. The van der Waals surface area contributed by atoms with Crippen LogP contribution in [0.3, 0.4) is 0 Å². The lowest BCUT2D eigenvalue weighted by Gasteiger charge is -2.63. The smallest absolute Gasteiger partial charge is 0.174 e. The van der Waals surface area contributed by atoms with Crippen LogP contribution in [0.15, 0.2) is 5.16 Å². The number of rotatable bonds is 1. The average Bonchev–Trinajstić information content (AvgIpc) is 3.47. The van der Waals surface area contributed by atoms with Crippen molar-refractivity contribution in [2.24, 2.45) is 45.6 Å². The third-order valence-electron chi connectivity index (χ3n) is 10.9. The summed E-state index contributed by atoms with van der Waals surface area (Å²) < 4.78 is 24.3. The molecule has 7 heteroatoms. The van der Waals surface area contributed by atoms with Gasteiger partial charge in [-0.05, 0) is 68.1 Å². The summed E-state index contributed by atoms with van der Waals surface area (Å²) in [5.41, 5.74) is 0.422. The van der Waals surface area contributed by atoms with Gasteiger partial charge in [-0.3, -0.25) is 0 Å². The summed E-state index contributed by atoms with van der Waals surface area (Å²) in [4.78, 5) is 0. The lowest BCUT2D eigenvalue weighted by Crippen LogP contribution is -2.64. The Morgan fingerprint density at radius 2 is 1.56 bits per heavy atom. The Morgan fingerprint density at radius 3 is 2.25 bits per heavy atom. The molecule has 4 saturated carbocycles. The lowest BCUT2D eigenvalue weighted by molar-refractivity contribution is -0.233. The van der Waals surface area contributed by atoms with Gasteiger partial charge in [0.1, 0.15) is 0 Å². The van der Waals surface area contributed by atoms with Crippen molar-refractivity contribution in [1.82, 2.24) is 0 Å². The van der Waals surface area contributed by atoms with E-state index in [2.05, 4.69) is 25.9 Å². The zero-order valence-corrected chi connectivity index (χ0v) is 19.7. The van der Waals surface area contributed by atoms with E-state index in [4.69, 9.17) is 18.9 Å². The van der Waals surface area contributed by atoms with E-state index in [1.165, 1.54) is 0 Å². The lowest BCUT2D eigenvalue weighted by atomic mass is 9.43. The summed E-state index contributed by atoms with van der Waals surface area (Å²) >= 11 is 0. The van der Waals surface area contributed by atoms with E-state index in [9.17, 15) is 10.3 Å². The normalized spacial score (nSPS) is 52.7. The minimum absolute atomic E-state index is 0.00699. The minimum Gasteiger partial charge on any atom is -0.411 e. The minimum atomic E-state index is -0.642. The molecular weight excluding hydrogens is 410 g/mol. The van der Waals surface area contributed by atoms with E-state index in [0.29, 0.717) is 50.6 Å². The van der Waals surface area contributed by atoms with Crippen molar-refractivity contribution in [1.29, 1.82) is 0 Å². The Morgan fingerprint density at radius 1 is 0.875 bits per heavy atom. The van der Waals surface area contributed by atoms with E-state index in [1.54, 1.807) is 0 Å². The van der Waals surface area contributed by atoms with Crippen molar-refractivity contribution in [3.63, 3.8) is 0 Å². The van der Waals surface area contributed by atoms with Crippen LogP contribution in [0, 0.1) is 40.4 Å². The molecule has 6 rings (SSSR count). The highest BCUT2D eigenvalue weighted by Crippen LogP contribution is 2.69. The Bertz CT molecular complexity index is 789. The molecule has 4 aliphatic carbocycles. The number of aliphatic hydroxyl groups excluding tert-OH is 1. The van der Waals surface area contributed by atoms with Gasteiger partial charge in [0, 0.05) is 24.2 Å². The van der Waals surface area contributed by atoms with E-state index in [-0.39, 0.29) is 22.7 Å². The van der Waals surface area contributed by atoms with Crippen LogP contribution in [-0.2, 0) is 18.9 Å². The van der Waals surface area contributed by atoms with Crippen molar-refractivity contribution in [2.75, 3.05) is 26.4 Å². The number of nitrogens with zero attached hydrogens (tertiary/aromatic N) is 1. The van der Waals surface area contributed by atoms with Gasteiger partial charge in [-0.1, -0.05) is 19.0 Å². The molecule has 1 spiro atoms. The fourth-order valence-corrected chi connectivity index (χ4v) is 9.65. The van der Waals surface area contributed by atoms with E-state index in [0.717, 1.165) is 44.2 Å². The second-order valence-electron chi connectivity index (χ2n) is 12.0. The van der Waals surface area contributed by atoms with E-state index >= 15 is 0 Å². The topological polar surface area (TPSA) is 89.7 Å². The predicted molar refractivity (Wildman–Crippen MR) is 116 cm³/mol. The molecule has 0 radical (unpaired) electrons. The predicted octanol–water partition coefficient (Wildman–Crippen LogP) is 3.56. The summed E-state index contributed by atoms with van der Waals surface area (Å²) in [6, 6.07) is 0. The van der Waals surface area contributed by atoms with Crippen LogP contribution in [-0.4, -0.2) is 60.1 Å². The fourth-order valence-electron chi connectivity index (χ4n) is 9.65. The van der Waals surface area contributed by atoms with E-state index < -0.39 is 17.7 Å². The van der Waals surface area contributed by atoms with Gasteiger partial charge < -0.3 is 29.3 Å². The first kappa shape index (κ1) is 21.8. The summed E-state index contributed by atoms with van der Waals surface area (Å²) in [5, 5.41) is 25.7.